The summed E-state index contributed by atoms with van der Waals surface area (Å²) in [5.74, 6) is 2.67. The molecule has 0 aromatic carbocycles. The molecule has 0 radical (unpaired) electrons. The molecule has 12 heavy (non-hydrogen) atoms. The van der Waals surface area contributed by atoms with E-state index in [9.17, 15) is 5.11 Å². The maximum atomic E-state index is 9.83. The molecule has 1 nitrogen and oxygen atoms in total. The van der Waals surface area contributed by atoms with Gasteiger partial charge in [0.25, 0.3) is 0 Å². The third-order valence-corrected chi connectivity index (χ3v) is 3.58. The lowest BCUT2D eigenvalue weighted by atomic mass is 9.70. The molecule has 1 fully saturated rings. The van der Waals surface area contributed by atoms with Crippen molar-refractivity contribution in [3.8, 4) is 0 Å². The Kier molecular flexibility index (Phi) is 3.16. The van der Waals surface area contributed by atoms with Crippen LogP contribution in [-0.2, 0) is 0 Å². The molecular weight excluding hydrogens is 148 g/mol. The van der Waals surface area contributed by atoms with Crippen molar-refractivity contribution < 1.29 is 5.11 Å². The quantitative estimate of drug-likeness (QED) is 0.641. The summed E-state index contributed by atoms with van der Waals surface area (Å²) in [6, 6.07) is 0. The summed E-state index contributed by atoms with van der Waals surface area (Å²) in [5, 5.41) is 9.83. The summed E-state index contributed by atoms with van der Waals surface area (Å²) in [7, 11) is 0. The first-order valence-corrected chi connectivity index (χ1v) is 5.20. The van der Waals surface area contributed by atoms with Crippen molar-refractivity contribution in [2.75, 3.05) is 0 Å². The van der Waals surface area contributed by atoms with Gasteiger partial charge in [0.05, 0.1) is 6.10 Å². The maximum absolute atomic E-state index is 9.83. The Morgan fingerprint density at radius 1 is 1.08 bits per heavy atom. The molecule has 0 amide bonds. The minimum Gasteiger partial charge on any atom is -0.393 e. The Hall–Kier alpha value is -0.0400. The first kappa shape index (κ1) is 10.0. The van der Waals surface area contributed by atoms with Crippen LogP contribution in [0.1, 0.15) is 40.5 Å². The van der Waals surface area contributed by atoms with Gasteiger partial charge in [-0.3, -0.25) is 0 Å². The first-order valence-electron chi connectivity index (χ1n) is 5.20. The third kappa shape index (κ3) is 2.01. The zero-order valence-electron chi connectivity index (χ0n) is 8.75. The summed E-state index contributed by atoms with van der Waals surface area (Å²) < 4.78 is 0. The number of hydrogen-bond donors (Lipinski definition) is 1. The van der Waals surface area contributed by atoms with Crippen molar-refractivity contribution in [2.24, 2.45) is 23.7 Å². The lowest BCUT2D eigenvalue weighted by Crippen LogP contribution is -2.35. The van der Waals surface area contributed by atoms with Crippen LogP contribution in [0.2, 0.25) is 0 Å². The molecule has 72 valence electrons. The first-order chi connectivity index (χ1) is 5.52. The lowest BCUT2D eigenvalue weighted by molar-refractivity contribution is 0.00372. The van der Waals surface area contributed by atoms with Crippen molar-refractivity contribution >= 4 is 0 Å². The van der Waals surface area contributed by atoms with Crippen LogP contribution in [0, 0.1) is 23.7 Å². The minimum atomic E-state index is -0.0452. The van der Waals surface area contributed by atoms with E-state index in [4.69, 9.17) is 0 Å². The van der Waals surface area contributed by atoms with E-state index in [-0.39, 0.29) is 6.10 Å². The fraction of sp³-hybridized carbons (Fsp3) is 1.00. The summed E-state index contributed by atoms with van der Waals surface area (Å²) in [5.41, 5.74) is 0. The van der Waals surface area contributed by atoms with E-state index >= 15 is 0 Å². The molecular formula is C11H22O. The maximum Gasteiger partial charge on any atom is 0.0573 e. The predicted octanol–water partition coefficient (Wildman–Crippen LogP) is 2.69. The van der Waals surface area contributed by atoms with E-state index < -0.39 is 0 Å². The van der Waals surface area contributed by atoms with Gasteiger partial charge >= 0.3 is 0 Å². The summed E-state index contributed by atoms with van der Waals surface area (Å²) in [6.45, 7) is 9.00. The number of hydrogen-bond acceptors (Lipinski definition) is 1. The number of aliphatic hydroxyl groups excluding tert-OH is 1. The van der Waals surface area contributed by atoms with Crippen LogP contribution in [0.15, 0.2) is 0 Å². The Bertz CT molecular complexity index is 142. The Balaban J connectivity index is 2.55. The second-order valence-corrected chi connectivity index (χ2v) is 4.90. The molecule has 0 aromatic rings. The highest BCUT2D eigenvalue weighted by atomic mass is 16.3. The molecule has 0 aliphatic heterocycles. The van der Waals surface area contributed by atoms with E-state index in [0.29, 0.717) is 17.8 Å². The molecule has 1 saturated carbocycles. The molecule has 1 N–H and O–H groups in total. The smallest absolute Gasteiger partial charge is 0.0573 e. The molecule has 1 aliphatic carbocycles. The van der Waals surface area contributed by atoms with Crippen LogP contribution < -0.4 is 0 Å². The van der Waals surface area contributed by atoms with E-state index in [0.717, 1.165) is 12.3 Å². The van der Waals surface area contributed by atoms with Gasteiger partial charge in [0.2, 0.25) is 0 Å². The molecule has 4 unspecified atom stereocenters. The summed E-state index contributed by atoms with van der Waals surface area (Å²) in [6.07, 6.45) is 2.17. The second kappa shape index (κ2) is 3.78. The number of aliphatic hydroxyl groups is 1. The SMILES string of the molecule is CC(C)C1CC(C)C(C)CC1O. The van der Waals surface area contributed by atoms with Crippen LogP contribution in [0.4, 0.5) is 0 Å². The Labute approximate surface area is 76.2 Å². The van der Waals surface area contributed by atoms with Gasteiger partial charge in [-0.2, -0.15) is 0 Å². The van der Waals surface area contributed by atoms with Gasteiger partial charge in [-0.15, -0.1) is 0 Å². The van der Waals surface area contributed by atoms with Crippen LogP contribution in [-0.4, -0.2) is 11.2 Å². The molecule has 4 atom stereocenters. The Morgan fingerprint density at radius 3 is 2.08 bits per heavy atom. The second-order valence-electron chi connectivity index (χ2n) is 4.90. The molecule has 0 spiro atoms. The van der Waals surface area contributed by atoms with Gasteiger partial charge in [-0.05, 0) is 36.5 Å². The molecule has 0 aromatic heterocycles. The Morgan fingerprint density at radius 2 is 1.58 bits per heavy atom. The van der Waals surface area contributed by atoms with Crippen LogP contribution in [0.3, 0.4) is 0 Å². The van der Waals surface area contributed by atoms with Gasteiger partial charge in [0.15, 0.2) is 0 Å². The molecule has 0 heterocycles. The minimum absolute atomic E-state index is 0.0452. The van der Waals surface area contributed by atoms with Crippen molar-refractivity contribution in [3.63, 3.8) is 0 Å². The van der Waals surface area contributed by atoms with Crippen molar-refractivity contribution in [1.29, 1.82) is 0 Å². The molecule has 0 bridgehead atoms. The average Bonchev–Trinajstić information content (AvgIpc) is 1.96. The van der Waals surface area contributed by atoms with Gasteiger partial charge in [0, 0.05) is 0 Å². The van der Waals surface area contributed by atoms with Gasteiger partial charge in [0.1, 0.15) is 0 Å². The lowest BCUT2D eigenvalue weighted by Gasteiger charge is -2.38. The van der Waals surface area contributed by atoms with Crippen LogP contribution >= 0.6 is 0 Å². The standard InChI is InChI=1S/C11H22O/c1-7(2)10-5-8(3)9(4)6-11(10)12/h7-12H,5-6H2,1-4H3. The topological polar surface area (TPSA) is 20.2 Å². The highest BCUT2D eigenvalue weighted by Crippen LogP contribution is 2.37. The fourth-order valence-corrected chi connectivity index (χ4v) is 2.32. The van der Waals surface area contributed by atoms with E-state index in [2.05, 4.69) is 27.7 Å². The highest BCUT2D eigenvalue weighted by Gasteiger charge is 2.32. The fourth-order valence-electron chi connectivity index (χ4n) is 2.32. The molecule has 1 rings (SSSR count). The highest BCUT2D eigenvalue weighted by molar-refractivity contribution is 4.83. The van der Waals surface area contributed by atoms with E-state index in [1.165, 1.54) is 6.42 Å². The van der Waals surface area contributed by atoms with E-state index in [1.54, 1.807) is 0 Å². The largest absolute Gasteiger partial charge is 0.393 e. The molecule has 1 aliphatic rings. The van der Waals surface area contributed by atoms with Gasteiger partial charge in [-0.1, -0.05) is 27.7 Å². The van der Waals surface area contributed by atoms with Crippen LogP contribution in [0.5, 0.6) is 0 Å². The normalized spacial score (nSPS) is 43.5. The zero-order valence-corrected chi connectivity index (χ0v) is 8.75. The van der Waals surface area contributed by atoms with Gasteiger partial charge < -0.3 is 5.11 Å². The summed E-state index contributed by atoms with van der Waals surface area (Å²) >= 11 is 0. The number of rotatable bonds is 1. The van der Waals surface area contributed by atoms with Crippen molar-refractivity contribution in [1.82, 2.24) is 0 Å². The molecule has 1 heteroatoms. The van der Waals surface area contributed by atoms with Crippen LogP contribution in [0.25, 0.3) is 0 Å². The average molecular weight is 170 g/mol. The van der Waals surface area contributed by atoms with E-state index in [1.807, 2.05) is 0 Å². The summed E-state index contributed by atoms with van der Waals surface area (Å²) in [4.78, 5) is 0. The zero-order chi connectivity index (χ0) is 9.30. The van der Waals surface area contributed by atoms with Gasteiger partial charge in [-0.25, -0.2) is 0 Å². The van der Waals surface area contributed by atoms with Crippen molar-refractivity contribution in [3.05, 3.63) is 0 Å². The molecule has 0 saturated heterocycles. The third-order valence-electron chi connectivity index (χ3n) is 3.58. The predicted molar refractivity (Wildman–Crippen MR) is 51.9 cm³/mol. The monoisotopic (exact) mass is 170 g/mol. The van der Waals surface area contributed by atoms with Crippen molar-refractivity contribution in [2.45, 2.75) is 46.6 Å².